The molecule has 0 aromatic heterocycles. The Bertz CT molecular complexity index is 79.7. The Kier molecular flexibility index (Phi) is 4.07. The molecule has 8 heavy (non-hydrogen) atoms. The molecular formula is C5H8O3. The molecule has 0 aliphatic carbocycles. The molecule has 0 fully saturated rings. The Hall–Kier alpha value is -0.700. The second-order valence-electron chi connectivity index (χ2n) is 1.34. The second kappa shape index (κ2) is 4.46. The molecule has 0 heterocycles. The molecule has 0 aliphatic rings. The van der Waals surface area contributed by atoms with E-state index >= 15 is 0 Å². The van der Waals surface area contributed by atoms with Crippen LogP contribution in [0.3, 0.4) is 0 Å². The summed E-state index contributed by atoms with van der Waals surface area (Å²) in [5.74, 6) is 0. The van der Waals surface area contributed by atoms with Crippen LogP contribution in [0.4, 0.5) is 0 Å². The van der Waals surface area contributed by atoms with Crippen molar-refractivity contribution in [2.24, 2.45) is 0 Å². The number of carbonyl (C=O) groups excluding carboxylic acids is 2. The fourth-order valence-corrected chi connectivity index (χ4v) is 0.230. The van der Waals surface area contributed by atoms with Crippen molar-refractivity contribution in [3.05, 3.63) is 0 Å². The second-order valence-corrected chi connectivity index (χ2v) is 1.34. The molecule has 0 bridgehead atoms. The summed E-state index contributed by atoms with van der Waals surface area (Å²) in [6.07, 6.45) is 0.795. The van der Waals surface area contributed by atoms with Gasteiger partial charge in [-0.15, -0.1) is 0 Å². The summed E-state index contributed by atoms with van der Waals surface area (Å²) in [6.45, 7) is 1.58. The number of hydrogen-bond donors (Lipinski definition) is 0. The van der Waals surface area contributed by atoms with E-state index in [-0.39, 0.29) is 6.61 Å². The minimum Gasteiger partial charge on any atom is -0.364 e. The molecule has 0 unspecified atom stereocenters. The molecule has 0 amide bonds. The molecule has 0 saturated carbocycles. The lowest BCUT2D eigenvalue weighted by atomic mass is 10.5. The van der Waals surface area contributed by atoms with E-state index in [0.717, 1.165) is 0 Å². The fraction of sp³-hybridized carbons (Fsp3) is 0.600. The minimum atomic E-state index is -0.458. The summed E-state index contributed by atoms with van der Waals surface area (Å²) in [5.41, 5.74) is 0. The highest BCUT2D eigenvalue weighted by Gasteiger charge is 1.94. The van der Waals surface area contributed by atoms with Crippen LogP contribution in [0.2, 0.25) is 0 Å². The maximum absolute atomic E-state index is 9.77. The predicted molar refractivity (Wildman–Crippen MR) is 27.5 cm³/mol. The highest BCUT2D eigenvalue weighted by molar-refractivity contribution is 5.56. The molecule has 0 spiro atoms. The van der Waals surface area contributed by atoms with Crippen LogP contribution in [-0.2, 0) is 14.3 Å². The molecule has 0 N–H and O–H groups in total. The van der Waals surface area contributed by atoms with Crippen LogP contribution >= 0.6 is 0 Å². The highest BCUT2D eigenvalue weighted by Crippen LogP contribution is 1.80. The van der Waals surface area contributed by atoms with Gasteiger partial charge in [0.2, 0.25) is 0 Å². The van der Waals surface area contributed by atoms with Gasteiger partial charge in [-0.2, -0.15) is 0 Å². The van der Waals surface area contributed by atoms with Crippen LogP contribution in [0.15, 0.2) is 0 Å². The van der Waals surface area contributed by atoms with Gasteiger partial charge in [-0.3, -0.25) is 0 Å². The largest absolute Gasteiger partial charge is 0.364 e. The summed E-state index contributed by atoms with van der Waals surface area (Å²) in [4.78, 5) is 19.4. The van der Waals surface area contributed by atoms with Crippen LogP contribution < -0.4 is 0 Å². The van der Waals surface area contributed by atoms with E-state index in [4.69, 9.17) is 0 Å². The topological polar surface area (TPSA) is 43.4 Å². The van der Waals surface area contributed by atoms with Crippen LogP contribution in [0.5, 0.6) is 0 Å². The van der Waals surface area contributed by atoms with Gasteiger partial charge in [0.05, 0.1) is 0 Å². The van der Waals surface area contributed by atoms with Crippen molar-refractivity contribution in [2.75, 3.05) is 6.61 Å². The maximum Gasteiger partial charge on any atom is 0.148 e. The van der Waals surface area contributed by atoms with E-state index in [1.54, 1.807) is 6.92 Å². The van der Waals surface area contributed by atoms with E-state index < -0.39 is 6.10 Å². The highest BCUT2D eigenvalue weighted by atomic mass is 16.5. The van der Waals surface area contributed by atoms with Crippen molar-refractivity contribution in [3.8, 4) is 0 Å². The lowest BCUT2D eigenvalue weighted by molar-refractivity contribution is -0.121. The molecule has 0 aliphatic heterocycles. The summed E-state index contributed by atoms with van der Waals surface area (Å²) in [5, 5.41) is 0. The molecule has 0 saturated heterocycles. The molecule has 46 valence electrons. The van der Waals surface area contributed by atoms with Crippen molar-refractivity contribution in [1.82, 2.24) is 0 Å². The Morgan fingerprint density at radius 2 is 2.25 bits per heavy atom. The number of ether oxygens (including phenoxy) is 1. The van der Waals surface area contributed by atoms with Crippen LogP contribution in [0, 0.1) is 0 Å². The third kappa shape index (κ3) is 3.49. The minimum absolute atomic E-state index is 0.0000926. The van der Waals surface area contributed by atoms with E-state index in [9.17, 15) is 9.59 Å². The van der Waals surface area contributed by atoms with Crippen molar-refractivity contribution < 1.29 is 14.3 Å². The van der Waals surface area contributed by atoms with Gasteiger partial charge in [-0.25, -0.2) is 0 Å². The van der Waals surface area contributed by atoms with E-state index in [0.29, 0.717) is 12.6 Å². The first-order valence-electron chi connectivity index (χ1n) is 2.31. The summed E-state index contributed by atoms with van der Waals surface area (Å²) in [7, 11) is 0. The van der Waals surface area contributed by atoms with Crippen molar-refractivity contribution in [2.45, 2.75) is 13.0 Å². The number of aldehydes is 2. The first kappa shape index (κ1) is 7.30. The van der Waals surface area contributed by atoms with Crippen molar-refractivity contribution >= 4 is 12.6 Å². The van der Waals surface area contributed by atoms with Crippen LogP contribution in [0.1, 0.15) is 6.92 Å². The molecular weight excluding hydrogens is 108 g/mol. The zero-order chi connectivity index (χ0) is 6.41. The average Bonchev–Trinajstić information content (AvgIpc) is 1.83. The van der Waals surface area contributed by atoms with Crippen LogP contribution in [-0.4, -0.2) is 25.3 Å². The number of rotatable bonds is 4. The summed E-state index contributed by atoms with van der Waals surface area (Å²) in [6, 6.07) is 0. The smallest absolute Gasteiger partial charge is 0.148 e. The summed E-state index contributed by atoms with van der Waals surface area (Å²) >= 11 is 0. The Morgan fingerprint density at radius 1 is 1.62 bits per heavy atom. The maximum atomic E-state index is 9.77. The van der Waals surface area contributed by atoms with Gasteiger partial charge < -0.3 is 14.3 Å². The van der Waals surface area contributed by atoms with Gasteiger partial charge in [0.15, 0.2) is 0 Å². The lowest BCUT2D eigenvalue weighted by Crippen LogP contribution is -2.10. The molecule has 3 heteroatoms. The van der Waals surface area contributed by atoms with E-state index in [1.807, 2.05) is 0 Å². The fourth-order valence-electron chi connectivity index (χ4n) is 0.230. The van der Waals surface area contributed by atoms with Crippen LogP contribution in [0.25, 0.3) is 0 Å². The first-order valence-corrected chi connectivity index (χ1v) is 2.31. The molecule has 0 aromatic carbocycles. The van der Waals surface area contributed by atoms with E-state index in [2.05, 4.69) is 4.74 Å². The Balaban J connectivity index is 3.09. The zero-order valence-corrected chi connectivity index (χ0v) is 4.66. The molecule has 1 atom stereocenters. The van der Waals surface area contributed by atoms with Gasteiger partial charge in [0, 0.05) is 0 Å². The van der Waals surface area contributed by atoms with Crippen molar-refractivity contribution in [1.29, 1.82) is 0 Å². The SMILES string of the molecule is C[C@@H](C=O)OCC=O. The van der Waals surface area contributed by atoms with Gasteiger partial charge in [0.1, 0.15) is 25.3 Å². The standard InChI is InChI=1S/C5H8O3/c1-5(4-7)8-3-2-6/h2,4-5H,3H2,1H3/t5-/m0/s1. The van der Waals surface area contributed by atoms with Gasteiger partial charge in [0.25, 0.3) is 0 Å². The predicted octanol–water partition coefficient (Wildman–Crippen LogP) is -0.211. The third-order valence-electron chi connectivity index (χ3n) is 0.619. The van der Waals surface area contributed by atoms with Gasteiger partial charge >= 0.3 is 0 Å². The first-order chi connectivity index (χ1) is 3.81. The Labute approximate surface area is 47.6 Å². The number of hydrogen-bond acceptors (Lipinski definition) is 3. The normalized spacial score (nSPS) is 12.6. The average molecular weight is 116 g/mol. The molecule has 3 nitrogen and oxygen atoms in total. The quantitative estimate of drug-likeness (QED) is 0.477. The monoisotopic (exact) mass is 116 g/mol. The summed E-state index contributed by atoms with van der Waals surface area (Å²) < 4.78 is 4.60. The third-order valence-corrected chi connectivity index (χ3v) is 0.619. The zero-order valence-electron chi connectivity index (χ0n) is 4.66. The lowest BCUT2D eigenvalue weighted by Gasteiger charge is -1.98. The Morgan fingerprint density at radius 3 is 2.62 bits per heavy atom. The molecule has 0 radical (unpaired) electrons. The number of carbonyl (C=O) groups is 2. The molecule has 0 aromatic rings. The van der Waals surface area contributed by atoms with Crippen molar-refractivity contribution in [3.63, 3.8) is 0 Å². The van der Waals surface area contributed by atoms with E-state index in [1.165, 1.54) is 0 Å². The molecule has 0 rings (SSSR count). The van der Waals surface area contributed by atoms with Gasteiger partial charge in [-0.1, -0.05) is 0 Å². The van der Waals surface area contributed by atoms with Gasteiger partial charge in [-0.05, 0) is 6.92 Å².